The van der Waals surface area contributed by atoms with Crippen molar-refractivity contribution in [3.8, 4) is 5.75 Å². The lowest BCUT2D eigenvalue weighted by atomic mass is 9.84. The maximum atomic E-state index is 13.0. The van der Waals surface area contributed by atoms with Crippen LogP contribution in [0, 0.1) is 12.8 Å². The van der Waals surface area contributed by atoms with Crippen LogP contribution in [0.3, 0.4) is 0 Å². The molecule has 1 heterocycles. The van der Waals surface area contributed by atoms with E-state index >= 15 is 0 Å². The molecular weight excluding hydrogens is 388 g/mol. The van der Waals surface area contributed by atoms with Crippen molar-refractivity contribution in [2.75, 3.05) is 16.7 Å². The van der Waals surface area contributed by atoms with Crippen LogP contribution in [0.25, 0.3) is 0 Å². The number of fused-ring (bicyclic) bond motifs is 1. The van der Waals surface area contributed by atoms with Gasteiger partial charge in [0.2, 0.25) is 5.91 Å². The standard InChI is InChI=1S/C22H26N2O4S/c1-14-7-10-21(28-3)19(11-14)23-29(26,27)18-8-9-20-17(13-18)12-15(2)24(20)22(25)16-5-4-6-16/h7-11,13,15-16,23H,4-6,12H2,1-3H3/t15-/m1/s1. The summed E-state index contributed by atoms with van der Waals surface area (Å²) in [6.07, 6.45) is 3.67. The number of anilines is 2. The molecule has 1 aliphatic carbocycles. The van der Waals surface area contributed by atoms with Crippen LogP contribution >= 0.6 is 0 Å². The van der Waals surface area contributed by atoms with Gasteiger partial charge in [-0.2, -0.15) is 0 Å². The number of methoxy groups -OCH3 is 1. The zero-order valence-electron chi connectivity index (χ0n) is 16.9. The molecule has 1 amide bonds. The number of carbonyl (C=O) groups is 1. The van der Waals surface area contributed by atoms with E-state index in [1.165, 1.54) is 7.11 Å². The Morgan fingerprint density at radius 1 is 1.17 bits per heavy atom. The lowest BCUT2D eigenvalue weighted by Crippen LogP contribution is -2.42. The van der Waals surface area contributed by atoms with Crippen molar-refractivity contribution in [1.82, 2.24) is 0 Å². The number of rotatable bonds is 5. The molecule has 154 valence electrons. The number of hydrogen-bond acceptors (Lipinski definition) is 4. The van der Waals surface area contributed by atoms with E-state index in [4.69, 9.17) is 4.74 Å². The summed E-state index contributed by atoms with van der Waals surface area (Å²) >= 11 is 0. The van der Waals surface area contributed by atoms with Gasteiger partial charge < -0.3 is 9.64 Å². The second-order valence-corrected chi connectivity index (χ2v) is 9.67. The Balaban J connectivity index is 1.63. The molecule has 4 rings (SSSR count). The second kappa shape index (κ2) is 7.37. The molecule has 2 aromatic carbocycles. The van der Waals surface area contributed by atoms with E-state index in [9.17, 15) is 13.2 Å². The van der Waals surface area contributed by atoms with E-state index in [1.54, 1.807) is 30.3 Å². The Bertz CT molecular complexity index is 1060. The van der Waals surface area contributed by atoms with Crippen LogP contribution in [-0.4, -0.2) is 27.5 Å². The highest BCUT2D eigenvalue weighted by Gasteiger charge is 2.37. The molecule has 7 heteroatoms. The Morgan fingerprint density at radius 2 is 1.93 bits per heavy atom. The summed E-state index contributed by atoms with van der Waals surface area (Å²) in [6.45, 7) is 3.91. The van der Waals surface area contributed by atoms with Crippen molar-refractivity contribution in [3.05, 3.63) is 47.5 Å². The van der Waals surface area contributed by atoms with Gasteiger partial charge in [0.15, 0.2) is 0 Å². The van der Waals surface area contributed by atoms with Crippen molar-refractivity contribution in [2.24, 2.45) is 5.92 Å². The van der Waals surface area contributed by atoms with Crippen LogP contribution in [0.5, 0.6) is 5.75 Å². The summed E-state index contributed by atoms with van der Waals surface area (Å²) < 4.78 is 33.9. The number of amides is 1. The fourth-order valence-electron chi connectivity index (χ4n) is 4.07. The van der Waals surface area contributed by atoms with Crippen LogP contribution in [0.1, 0.15) is 37.3 Å². The van der Waals surface area contributed by atoms with E-state index in [1.807, 2.05) is 24.8 Å². The third-order valence-electron chi connectivity index (χ3n) is 5.87. The predicted molar refractivity (Wildman–Crippen MR) is 113 cm³/mol. The zero-order chi connectivity index (χ0) is 20.8. The summed E-state index contributed by atoms with van der Waals surface area (Å²) in [5, 5.41) is 0. The average Bonchev–Trinajstić information content (AvgIpc) is 2.95. The number of aryl methyl sites for hydroxylation is 1. The molecule has 0 spiro atoms. The molecule has 0 aromatic heterocycles. The van der Waals surface area contributed by atoms with Crippen LogP contribution in [0.4, 0.5) is 11.4 Å². The fraction of sp³-hybridized carbons (Fsp3) is 0.409. The van der Waals surface area contributed by atoms with Crippen molar-refractivity contribution in [2.45, 2.75) is 50.5 Å². The highest BCUT2D eigenvalue weighted by Crippen LogP contribution is 2.38. The summed E-state index contributed by atoms with van der Waals surface area (Å²) in [5.74, 6) is 0.745. The number of hydrogen-bond donors (Lipinski definition) is 1. The first-order chi connectivity index (χ1) is 13.8. The summed E-state index contributed by atoms with van der Waals surface area (Å²) in [7, 11) is -2.28. The molecule has 1 atom stereocenters. The van der Waals surface area contributed by atoms with Gasteiger partial charge >= 0.3 is 0 Å². The largest absolute Gasteiger partial charge is 0.495 e. The molecule has 0 saturated heterocycles. The van der Waals surface area contributed by atoms with Crippen molar-refractivity contribution >= 4 is 27.3 Å². The third kappa shape index (κ3) is 3.59. The number of sulfonamides is 1. The summed E-state index contributed by atoms with van der Waals surface area (Å²) in [6, 6.07) is 10.4. The number of ether oxygens (including phenoxy) is 1. The van der Waals surface area contributed by atoms with Crippen molar-refractivity contribution in [3.63, 3.8) is 0 Å². The summed E-state index contributed by atoms with van der Waals surface area (Å²) in [5.41, 5.74) is 3.06. The van der Waals surface area contributed by atoms with Crippen LogP contribution in [-0.2, 0) is 21.2 Å². The molecule has 2 aliphatic rings. The Hall–Kier alpha value is -2.54. The van der Waals surface area contributed by atoms with Gasteiger partial charge in [0.25, 0.3) is 10.0 Å². The van der Waals surface area contributed by atoms with Gasteiger partial charge in [0, 0.05) is 17.6 Å². The molecule has 6 nitrogen and oxygen atoms in total. The van der Waals surface area contributed by atoms with Crippen LogP contribution in [0.15, 0.2) is 41.3 Å². The zero-order valence-corrected chi connectivity index (χ0v) is 17.8. The molecular formula is C22H26N2O4S. The van der Waals surface area contributed by atoms with Gasteiger partial charge in [-0.25, -0.2) is 8.42 Å². The van der Waals surface area contributed by atoms with Gasteiger partial charge in [-0.15, -0.1) is 0 Å². The molecule has 1 saturated carbocycles. The van der Waals surface area contributed by atoms with E-state index in [0.29, 0.717) is 17.9 Å². The van der Waals surface area contributed by atoms with Crippen molar-refractivity contribution < 1.29 is 17.9 Å². The smallest absolute Gasteiger partial charge is 0.262 e. The van der Waals surface area contributed by atoms with Gasteiger partial charge in [0.1, 0.15) is 5.75 Å². The molecule has 1 aliphatic heterocycles. The lowest BCUT2D eigenvalue weighted by Gasteiger charge is -2.32. The highest BCUT2D eigenvalue weighted by atomic mass is 32.2. The monoisotopic (exact) mass is 414 g/mol. The number of benzene rings is 2. The normalized spacial score (nSPS) is 18.9. The highest BCUT2D eigenvalue weighted by molar-refractivity contribution is 7.92. The topological polar surface area (TPSA) is 75.7 Å². The minimum atomic E-state index is -3.78. The van der Waals surface area contributed by atoms with Gasteiger partial charge in [-0.1, -0.05) is 12.5 Å². The first kappa shape index (κ1) is 19.8. The van der Waals surface area contributed by atoms with Crippen LogP contribution < -0.4 is 14.4 Å². The summed E-state index contributed by atoms with van der Waals surface area (Å²) in [4.78, 5) is 14.8. The van der Waals surface area contributed by atoms with Gasteiger partial charge in [0.05, 0.1) is 17.7 Å². The molecule has 0 bridgehead atoms. The quantitative estimate of drug-likeness (QED) is 0.806. The van der Waals surface area contributed by atoms with E-state index < -0.39 is 10.0 Å². The van der Waals surface area contributed by atoms with E-state index in [2.05, 4.69) is 4.72 Å². The third-order valence-corrected chi connectivity index (χ3v) is 7.23. The fourth-order valence-corrected chi connectivity index (χ4v) is 5.18. The number of nitrogens with one attached hydrogen (secondary N) is 1. The second-order valence-electron chi connectivity index (χ2n) is 7.99. The first-order valence-corrected chi connectivity index (χ1v) is 11.4. The maximum Gasteiger partial charge on any atom is 0.262 e. The lowest BCUT2D eigenvalue weighted by molar-refractivity contribution is -0.125. The van der Waals surface area contributed by atoms with Gasteiger partial charge in [-0.05, 0) is 74.6 Å². The minimum Gasteiger partial charge on any atom is -0.495 e. The van der Waals surface area contributed by atoms with Crippen LogP contribution in [0.2, 0.25) is 0 Å². The molecule has 1 fully saturated rings. The SMILES string of the molecule is COc1ccc(C)cc1NS(=O)(=O)c1ccc2c(c1)C[C@@H](C)N2C(=O)C1CCC1. The van der Waals surface area contributed by atoms with Gasteiger partial charge in [-0.3, -0.25) is 9.52 Å². The Kier molecular flexibility index (Phi) is 5.02. The first-order valence-electron chi connectivity index (χ1n) is 9.93. The molecule has 0 radical (unpaired) electrons. The molecule has 1 N–H and O–H groups in total. The van der Waals surface area contributed by atoms with Crippen molar-refractivity contribution in [1.29, 1.82) is 0 Å². The van der Waals surface area contributed by atoms with E-state index in [0.717, 1.165) is 36.1 Å². The Morgan fingerprint density at radius 3 is 2.59 bits per heavy atom. The van der Waals surface area contributed by atoms with E-state index in [-0.39, 0.29) is 22.8 Å². The molecule has 29 heavy (non-hydrogen) atoms. The molecule has 0 unspecified atom stereocenters. The predicted octanol–water partition coefficient (Wildman–Crippen LogP) is 3.88. The number of nitrogens with zero attached hydrogens (tertiary/aromatic N) is 1. The number of carbonyl (C=O) groups excluding carboxylic acids is 1. The average molecular weight is 415 g/mol. The molecule has 2 aromatic rings. The Labute approximate surface area is 171 Å². The maximum absolute atomic E-state index is 13.0. The minimum absolute atomic E-state index is 0.0425.